The molecule has 0 radical (unpaired) electrons. The van der Waals surface area contributed by atoms with Crippen molar-refractivity contribution in [2.45, 2.75) is 11.0 Å². The third-order valence-corrected chi connectivity index (χ3v) is 4.62. The second-order valence-corrected chi connectivity index (χ2v) is 7.88. The SMILES string of the molecule is CS(=O)(=O)Nc1ccc(-c2nnc(SCc3ccccc3F)o2)cc1. The molecule has 1 heterocycles. The largest absolute Gasteiger partial charge is 0.411 e. The number of nitrogens with zero attached hydrogens (tertiary/aromatic N) is 2. The van der Waals surface area contributed by atoms with Gasteiger partial charge in [-0.2, -0.15) is 0 Å². The first-order valence-corrected chi connectivity index (χ1v) is 10.1. The molecule has 0 atom stereocenters. The Balaban J connectivity index is 1.68. The van der Waals surface area contributed by atoms with E-state index in [1.54, 1.807) is 42.5 Å². The summed E-state index contributed by atoms with van der Waals surface area (Å²) < 4.78 is 43.9. The Morgan fingerprint density at radius 1 is 1.12 bits per heavy atom. The minimum Gasteiger partial charge on any atom is -0.411 e. The van der Waals surface area contributed by atoms with Crippen LogP contribution in [0, 0.1) is 5.82 Å². The monoisotopic (exact) mass is 379 g/mol. The summed E-state index contributed by atoms with van der Waals surface area (Å²) >= 11 is 1.24. The number of aromatic nitrogens is 2. The Kier molecular flexibility index (Phi) is 5.05. The summed E-state index contributed by atoms with van der Waals surface area (Å²) in [5.74, 6) is 0.413. The fourth-order valence-corrected chi connectivity index (χ4v) is 3.35. The number of halogens is 1. The second-order valence-electron chi connectivity index (χ2n) is 5.20. The number of benzene rings is 2. The van der Waals surface area contributed by atoms with E-state index < -0.39 is 10.0 Å². The summed E-state index contributed by atoms with van der Waals surface area (Å²) in [6, 6.07) is 13.1. The van der Waals surface area contributed by atoms with Crippen molar-refractivity contribution < 1.29 is 17.2 Å². The summed E-state index contributed by atoms with van der Waals surface area (Å²) in [5, 5.41) is 8.22. The van der Waals surface area contributed by atoms with E-state index in [-0.39, 0.29) is 5.82 Å². The quantitative estimate of drug-likeness (QED) is 0.660. The van der Waals surface area contributed by atoms with Crippen LogP contribution in [0.15, 0.2) is 58.2 Å². The summed E-state index contributed by atoms with van der Waals surface area (Å²) in [6.07, 6.45) is 1.08. The van der Waals surface area contributed by atoms with Gasteiger partial charge >= 0.3 is 0 Å². The number of sulfonamides is 1. The summed E-state index contributed by atoms with van der Waals surface area (Å²) in [4.78, 5) is 0. The van der Waals surface area contributed by atoms with Gasteiger partial charge in [0.25, 0.3) is 5.22 Å². The highest BCUT2D eigenvalue weighted by Crippen LogP contribution is 2.27. The normalized spacial score (nSPS) is 11.4. The molecule has 0 bridgehead atoms. The third kappa shape index (κ3) is 4.80. The van der Waals surface area contributed by atoms with E-state index in [0.717, 1.165) is 6.26 Å². The van der Waals surface area contributed by atoms with Crippen LogP contribution in [0.5, 0.6) is 0 Å². The fraction of sp³-hybridized carbons (Fsp3) is 0.125. The molecule has 3 rings (SSSR count). The molecule has 0 fully saturated rings. The van der Waals surface area contributed by atoms with Gasteiger partial charge in [-0.1, -0.05) is 30.0 Å². The molecule has 2 aromatic carbocycles. The van der Waals surface area contributed by atoms with Crippen molar-refractivity contribution in [1.29, 1.82) is 0 Å². The molecule has 0 aliphatic carbocycles. The predicted molar refractivity (Wildman–Crippen MR) is 94.2 cm³/mol. The first-order valence-electron chi connectivity index (χ1n) is 7.19. The molecule has 130 valence electrons. The lowest BCUT2D eigenvalue weighted by Crippen LogP contribution is -2.09. The van der Waals surface area contributed by atoms with Gasteiger partial charge in [-0.15, -0.1) is 10.2 Å². The standard InChI is InChI=1S/C16H14FN3O3S2/c1-25(21,22)20-13-8-6-11(7-9-13)15-18-19-16(23-15)24-10-12-4-2-3-5-14(12)17/h2-9,20H,10H2,1H3. The lowest BCUT2D eigenvalue weighted by atomic mass is 10.2. The molecule has 0 aliphatic rings. The number of anilines is 1. The van der Waals surface area contributed by atoms with Crippen LogP contribution in [0.25, 0.3) is 11.5 Å². The third-order valence-electron chi connectivity index (χ3n) is 3.15. The van der Waals surface area contributed by atoms with Crippen molar-refractivity contribution in [2.24, 2.45) is 0 Å². The van der Waals surface area contributed by atoms with E-state index in [0.29, 0.717) is 33.7 Å². The van der Waals surface area contributed by atoms with Crippen LogP contribution in [0.2, 0.25) is 0 Å². The average molecular weight is 379 g/mol. The topological polar surface area (TPSA) is 85.1 Å². The summed E-state index contributed by atoms with van der Waals surface area (Å²) in [7, 11) is -3.32. The molecule has 25 heavy (non-hydrogen) atoms. The van der Waals surface area contributed by atoms with Gasteiger partial charge < -0.3 is 4.42 Å². The highest BCUT2D eigenvalue weighted by Gasteiger charge is 2.11. The maximum Gasteiger partial charge on any atom is 0.277 e. The molecule has 1 N–H and O–H groups in total. The molecule has 6 nitrogen and oxygen atoms in total. The second kappa shape index (κ2) is 7.24. The van der Waals surface area contributed by atoms with Crippen LogP contribution in [0.4, 0.5) is 10.1 Å². The fourth-order valence-electron chi connectivity index (χ4n) is 2.03. The molecular weight excluding hydrogens is 365 g/mol. The zero-order chi connectivity index (χ0) is 17.9. The Bertz CT molecular complexity index is 972. The van der Waals surface area contributed by atoms with Crippen LogP contribution in [-0.2, 0) is 15.8 Å². The van der Waals surface area contributed by atoms with E-state index in [1.165, 1.54) is 17.8 Å². The van der Waals surface area contributed by atoms with Gasteiger partial charge in [-0.25, -0.2) is 12.8 Å². The molecule has 0 saturated heterocycles. The van der Waals surface area contributed by atoms with E-state index in [2.05, 4.69) is 14.9 Å². The smallest absolute Gasteiger partial charge is 0.277 e. The first kappa shape index (κ1) is 17.4. The van der Waals surface area contributed by atoms with E-state index in [1.807, 2.05) is 0 Å². The lowest BCUT2D eigenvalue weighted by molar-refractivity contribution is 0.465. The van der Waals surface area contributed by atoms with Crippen LogP contribution >= 0.6 is 11.8 Å². The van der Waals surface area contributed by atoms with Crippen LogP contribution in [0.1, 0.15) is 5.56 Å². The van der Waals surface area contributed by atoms with Crippen LogP contribution in [-0.4, -0.2) is 24.9 Å². The van der Waals surface area contributed by atoms with E-state index in [4.69, 9.17) is 4.42 Å². The number of nitrogens with one attached hydrogen (secondary N) is 1. The van der Waals surface area contributed by atoms with Gasteiger partial charge in [-0.05, 0) is 35.9 Å². The van der Waals surface area contributed by atoms with Gasteiger partial charge in [0.05, 0.1) is 6.26 Å². The number of rotatable bonds is 6. The van der Waals surface area contributed by atoms with Gasteiger partial charge in [0.1, 0.15) is 5.82 Å². The van der Waals surface area contributed by atoms with Crippen LogP contribution < -0.4 is 4.72 Å². The maximum atomic E-state index is 13.6. The molecule has 3 aromatic rings. The molecule has 1 aromatic heterocycles. The van der Waals surface area contributed by atoms with Crippen molar-refractivity contribution in [1.82, 2.24) is 10.2 Å². The minimum atomic E-state index is -3.32. The number of thioether (sulfide) groups is 1. The van der Waals surface area contributed by atoms with E-state index in [9.17, 15) is 12.8 Å². The van der Waals surface area contributed by atoms with E-state index >= 15 is 0 Å². The zero-order valence-electron chi connectivity index (χ0n) is 13.1. The van der Waals surface area contributed by atoms with Crippen LogP contribution in [0.3, 0.4) is 0 Å². The molecule has 0 spiro atoms. The Labute approximate surface area is 148 Å². The number of hydrogen-bond acceptors (Lipinski definition) is 6. The highest BCUT2D eigenvalue weighted by atomic mass is 32.2. The predicted octanol–water partition coefficient (Wildman–Crippen LogP) is 3.54. The Morgan fingerprint density at radius 3 is 2.52 bits per heavy atom. The molecule has 0 amide bonds. The zero-order valence-corrected chi connectivity index (χ0v) is 14.8. The van der Waals surface area contributed by atoms with Crippen molar-refractivity contribution in [3.8, 4) is 11.5 Å². The lowest BCUT2D eigenvalue weighted by Gasteiger charge is -2.03. The molecule has 0 aliphatic heterocycles. The maximum absolute atomic E-state index is 13.6. The summed E-state index contributed by atoms with van der Waals surface area (Å²) in [6.45, 7) is 0. The van der Waals surface area contributed by atoms with Crippen molar-refractivity contribution in [2.75, 3.05) is 11.0 Å². The van der Waals surface area contributed by atoms with Crippen molar-refractivity contribution in [3.05, 3.63) is 59.9 Å². The molecule has 9 heteroatoms. The summed E-state index contributed by atoms with van der Waals surface area (Å²) in [5.41, 5.74) is 1.66. The van der Waals surface area contributed by atoms with Gasteiger partial charge in [-0.3, -0.25) is 4.72 Å². The van der Waals surface area contributed by atoms with Gasteiger partial charge in [0.15, 0.2) is 0 Å². The van der Waals surface area contributed by atoms with Crippen molar-refractivity contribution in [3.63, 3.8) is 0 Å². The first-order chi connectivity index (χ1) is 11.9. The van der Waals surface area contributed by atoms with Crippen molar-refractivity contribution >= 4 is 27.5 Å². The minimum absolute atomic E-state index is 0.274. The average Bonchev–Trinajstić information content (AvgIpc) is 3.02. The Morgan fingerprint density at radius 2 is 1.84 bits per heavy atom. The number of hydrogen-bond donors (Lipinski definition) is 1. The highest BCUT2D eigenvalue weighted by molar-refractivity contribution is 7.98. The molecule has 0 unspecified atom stereocenters. The molecular formula is C16H14FN3O3S2. The molecule has 0 saturated carbocycles. The Hall–Kier alpha value is -2.39. The van der Waals surface area contributed by atoms with Gasteiger partial charge in [0.2, 0.25) is 15.9 Å². The van der Waals surface area contributed by atoms with Gasteiger partial charge in [0, 0.05) is 17.0 Å².